The van der Waals surface area contributed by atoms with Gasteiger partial charge in [0.2, 0.25) is 0 Å². The van der Waals surface area contributed by atoms with Crippen molar-refractivity contribution in [3.8, 4) is 0 Å². The normalized spacial score (nSPS) is 20.0. The molecular formula is C7H7O3. The van der Waals surface area contributed by atoms with Crippen LogP contribution in [0.5, 0.6) is 0 Å². The predicted molar refractivity (Wildman–Crippen MR) is 32.2 cm³/mol. The summed E-state index contributed by atoms with van der Waals surface area (Å²) in [4.78, 5) is 0. The molecule has 0 aliphatic carbocycles. The third-order valence-corrected chi connectivity index (χ3v) is 1.38. The fraction of sp³-hybridized carbons (Fsp3) is 0.429. The summed E-state index contributed by atoms with van der Waals surface area (Å²) in [5.74, 6) is 0. The van der Waals surface area contributed by atoms with Gasteiger partial charge in [-0.1, -0.05) is 0 Å². The van der Waals surface area contributed by atoms with Crippen LogP contribution in [0.4, 0.5) is 0 Å². The maximum Gasteiger partial charge on any atom is 0.187 e. The Bertz CT molecular complexity index is 187. The first-order chi connectivity index (χ1) is 4.97. The Morgan fingerprint density at radius 1 is 1.40 bits per heavy atom. The molecular weight excluding hydrogens is 132 g/mol. The molecule has 3 heteroatoms. The first kappa shape index (κ1) is 5.95. The quantitative estimate of drug-likeness (QED) is 0.584. The molecule has 0 saturated carbocycles. The van der Waals surface area contributed by atoms with Crippen molar-refractivity contribution in [3.05, 3.63) is 24.2 Å². The minimum absolute atomic E-state index is 0.227. The first-order valence-corrected chi connectivity index (χ1v) is 3.14. The van der Waals surface area contributed by atoms with E-state index in [9.17, 15) is 0 Å². The number of hydrogen-bond acceptors (Lipinski definition) is 3. The number of rotatable bonds is 1. The number of hydrogen-bond donors (Lipinski definition) is 0. The Kier molecular flexibility index (Phi) is 1.45. The molecule has 3 nitrogen and oxygen atoms in total. The maximum atomic E-state index is 5.20. The summed E-state index contributed by atoms with van der Waals surface area (Å²) in [7, 11) is 0. The van der Waals surface area contributed by atoms with Gasteiger partial charge in [0, 0.05) is 5.56 Å². The third kappa shape index (κ3) is 0.936. The summed E-state index contributed by atoms with van der Waals surface area (Å²) < 4.78 is 15.1. The molecule has 0 bridgehead atoms. The monoisotopic (exact) mass is 139 g/mol. The van der Waals surface area contributed by atoms with Crippen molar-refractivity contribution in [2.24, 2.45) is 0 Å². The van der Waals surface area contributed by atoms with Crippen molar-refractivity contribution in [1.29, 1.82) is 0 Å². The zero-order valence-corrected chi connectivity index (χ0v) is 5.37. The maximum absolute atomic E-state index is 5.20. The van der Waals surface area contributed by atoms with Crippen LogP contribution in [-0.4, -0.2) is 13.2 Å². The highest BCUT2D eigenvalue weighted by Gasteiger charge is 2.18. The lowest BCUT2D eigenvalue weighted by molar-refractivity contribution is -0.0444. The van der Waals surface area contributed by atoms with Gasteiger partial charge in [-0.25, -0.2) is 0 Å². The van der Waals surface area contributed by atoms with Crippen LogP contribution in [0.3, 0.4) is 0 Å². The van der Waals surface area contributed by atoms with Gasteiger partial charge in [-0.2, -0.15) is 0 Å². The Hall–Kier alpha value is -0.800. The minimum Gasteiger partial charge on any atom is -0.461 e. The lowest BCUT2D eigenvalue weighted by atomic mass is 10.3. The fourth-order valence-electron chi connectivity index (χ4n) is 0.913. The molecule has 1 aromatic rings. The van der Waals surface area contributed by atoms with Gasteiger partial charge in [0.1, 0.15) is 0 Å². The van der Waals surface area contributed by atoms with Crippen LogP contribution in [0.25, 0.3) is 0 Å². The van der Waals surface area contributed by atoms with E-state index in [1.54, 1.807) is 12.3 Å². The highest BCUT2D eigenvalue weighted by atomic mass is 16.7. The molecule has 0 spiro atoms. The Labute approximate surface area is 58.5 Å². The van der Waals surface area contributed by atoms with E-state index in [0.29, 0.717) is 13.2 Å². The number of furan rings is 1. The van der Waals surface area contributed by atoms with E-state index in [2.05, 4.69) is 6.26 Å². The van der Waals surface area contributed by atoms with Gasteiger partial charge in [0.15, 0.2) is 12.6 Å². The minimum atomic E-state index is -0.227. The van der Waals surface area contributed by atoms with Gasteiger partial charge in [0.05, 0.1) is 19.5 Å². The van der Waals surface area contributed by atoms with Crippen LogP contribution in [-0.2, 0) is 9.47 Å². The Morgan fingerprint density at radius 2 is 2.20 bits per heavy atom. The van der Waals surface area contributed by atoms with Crippen LogP contribution in [0.2, 0.25) is 0 Å². The van der Waals surface area contributed by atoms with E-state index in [4.69, 9.17) is 13.9 Å². The van der Waals surface area contributed by atoms with Crippen molar-refractivity contribution in [2.75, 3.05) is 13.2 Å². The highest BCUT2D eigenvalue weighted by molar-refractivity contribution is 5.06. The van der Waals surface area contributed by atoms with E-state index >= 15 is 0 Å². The summed E-state index contributed by atoms with van der Waals surface area (Å²) in [6.07, 6.45) is 3.92. The molecule has 0 N–H and O–H groups in total. The van der Waals surface area contributed by atoms with E-state index < -0.39 is 0 Å². The smallest absolute Gasteiger partial charge is 0.187 e. The topological polar surface area (TPSA) is 31.6 Å². The highest BCUT2D eigenvalue weighted by Crippen LogP contribution is 2.22. The summed E-state index contributed by atoms with van der Waals surface area (Å²) in [6.45, 7) is 1.33. The van der Waals surface area contributed by atoms with Gasteiger partial charge in [0.25, 0.3) is 0 Å². The molecule has 1 fully saturated rings. The molecule has 0 unspecified atom stereocenters. The third-order valence-electron chi connectivity index (χ3n) is 1.38. The van der Waals surface area contributed by atoms with E-state index in [0.717, 1.165) is 5.56 Å². The molecule has 10 heavy (non-hydrogen) atoms. The molecule has 1 aliphatic heterocycles. The SMILES string of the molecule is [c]1cc(C2OCCO2)co1. The molecule has 53 valence electrons. The average molecular weight is 139 g/mol. The molecule has 2 heterocycles. The second-order valence-electron chi connectivity index (χ2n) is 2.07. The summed E-state index contributed by atoms with van der Waals surface area (Å²) in [5.41, 5.74) is 0.900. The predicted octanol–water partition coefficient (Wildman–Crippen LogP) is 1.13. The average Bonchev–Trinajstić information content (AvgIpc) is 2.59. The van der Waals surface area contributed by atoms with Gasteiger partial charge < -0.3 is 13.9 Å². The van der Waals surface area contributed by atoms with Crippen molar-refractivity contribution in [1.82, 2.24) is 0 Å². The van der Waals surface area contributed by atoms with Crippen LogP contribution in [0, 0.1) is 6.26 Å². The first-order valence-electron chi connectivity index (χ1n) is 3.14. The molecule has 0 atom stereocenters. The second kappa shape index (κ2) is 2.44. The molecule has 1 aromatic heterocycles. The van der Waals surface area contributed by atoms with Gasteiger partial charge >= 0.3 is 0 Å². The zero-order chi connectivity index (χ0) is 6.81. The zero-order valence-electron chi connectivity index (χ0n) is 5.37. The van der Waals surface area contributed by atoms with E-state index in [1.165, 1.54) is 0 Å². The molecule has 1 saturated heterocycles. The van der Waals surface area contributed by atoms with Gasteiger partial charge in [-0.15, -0.1) is 0 Å². The standard InChI is InChI=1S/C7H7O3/c1-2-8-5-6(1)7-9-3-4-10-7/h1,5,7H,3-4H2. The number of ether oxygens (including phenoxy) is 2. The molecule has 2 rings (SSSR count). The van der Waals surface area contributed by atoms with Crippen LogP contribution < -0.4 is 0 Å². The van der Waals surface area contributed by atoms with Crippen molar-refractivity contribution >= 4 is 0 Å². The van der Waals surface area contributed by atoms with Crippen LogP contribution in [0.1, 0.15) is 11.9 Å². The Balaban J connectivity index is 2.12. The van der Waals surface area contributed by atoms with Crippen LogP contribution in [0.15, 0.2) is 16.7 Å². The van der Waals surface area contributed by atoms with Crippen molar-refractivity contribution in [3.63, 3.8) is 0 Å². The molecule has 1 radical (unpaired) electrons. The summed E-state index contributed by atoms with van der Waals surface area (Å²) in [5, 5.41) is 0. The van der Waals surface area contributed by atoms with Gasteiger partial charge in [-0.3, -0.25) is 0 Å². The van der Waals surface area contributed by atoms with Crippen molar-refractivity contribution < 1.29 is 13.9 Å². The van der Waals surface area contributed by atoms with Crippen LogP contribution >= 0.6 is 0 Å². The van der Waals surface area contributed by atoms with Crippen molar-refractivity contribution in [2.45, 2.75) is 6.29 Å². The van der Waals surface area contributed by atoms with E-state index in [-0.39, 0.29) is 6.29 Å². The molecule has 0 amide bonds. The Morgan fingerprint density at radius 3 is 2.80 bits per heavy atom. The fourth-order valence-corrected chi connectivity index (χ4v) is 0.913. The van der Waals surface area contributed by atoms with Gasteiger partial charge in [-0.05, 0) is 6.07 Å². The molecule has 0 aromatic carbocycles. The lowest BCUT2D eigenvalue weighted by Gasteiger charge is -2.03. The van der Waals surface area contributed by atoms with E-state index in [1.807, 2.05) is 0 Å². The summed E-state index contributed by atoms with van der Waals surface area (Å²) >= 11 is 0. The summed E-state index contributed by atoms with van der Waals surface area (Å²) in [6, 6.07) is 1.72. The second-order valence-corrected chi connectivity index (χ2v) is 2.07. The largest absolute Gasteiger partial charge is 0.461 e. The molecule has 1 aliphatic rings. The lowest BCUT2D eigenvalue weighted by Crippen LogP contribution is -1.94.